The van der Waals surface area contributed by atoms with Gasteiger partial charge in [0.1, 0.15) is 0 Å². The molecule has 0 heteroatoms. The van der Waals surface area contributed by atoms with Gasteiger partial charge in [0.2, 0.25) is 0 Å². The Kier molecular flexibility index (Phi) is 2.34. The van der Waals surface area contributed by atoms with Crippen LogP contribution < -0.4 is 0 Å². The Morgan fingerprint density at radius 3 is 2.50 bits per heavy atom. The Morgan fingerprint density at radius 2 is 1.86 bits per heavy atom. The highest BCUT2D eigenvalue weighted by Crippen LogP contribution is 2.54. The van der Waals surface area contributed by atoms with E-state index in [1.54, 1.807) is 44.9 Å². The third kappa shape index (κ3) is 1.42. The van der Waals surface area contributed by atoms with Gasteiger partial charge in [-0.25, -0.2) is 0 Å². The molecule has 0 aliphatic heterocycles. The molecule has 0 aromatic heterocycles. The van der Waals surface area contributed by atoms with E-state index in [9.17, 15) is 0 Å². The molecule has 0 spiro atoms. The molecule has 0 bridgehead atoms. The molecule has 4 atom stereocenters. The largest absolute Gasteiger partial charge is 0.0622 e. The summed E-state index contributed by atoms with van der Waals surface area (Å²) >= 11 is 0. The van der Waals surface area contributed by atoms with Crippen LogP contribution in [0, 0.1) is 29.6 Å². The van der Waals surface area contributed by atoms with Gasteiger partial charge in [0.25, 0.3) is 0 Å². The van der Waals surface area contributed by atoms with Crippen LogP contribution in [0.15, 0.2) is 0 Å². The van der Waals surface area contributed by atoms with Gasteiger partial charge in [-0.1, -0.05) is 39.0 Å². The van der Waals surface area contributed by atoms with Crippen LogP contribution >= 0.6 is 0 Å². The Labute approximate surface area is 88.5 Å². The van der Waals surface area contributed by atoms with Gasteiger partial charge in [0, 0.05) is 0 Å². The normalized spacial score (nSPS) is 43.9. The average Bonchev–Trinajstić information content (AvgIpc) is 2.39. The maximum atomic E-state index is 2.52. The van der Waals surface area contributed by atoms with Crippen molar-refractivity contribution in [1.82, 2.24) is 0 Å². The molecule has 0 aromatic carbocycles. The van der Waals surface area contributed by atoms with Crippen molar-refractivity contribution < 1.29 is 0 Å². The van der Waals surface area contributed by atoms with Crippen molar-refractivity contribution in [2.75, 3.05) is 0 Å². The summed E-state index contributed by atoms with van der Waals surface area (Å²) in [5.41, 5.74) is 0. The molecule has 0 N–H and O–H groups in total. The van der Waals surface area contributed by atoms with Crippen molar-refractivity contribution in [2.24, 2.45) is 29.6 Å². The predicted molar refractivity (Wildman–Crippen MR) is 60.1 cm³/mol. The molecular formula is C14H24. The lowest BCUT2D eigenvalue weighted by Crippen LogP contribution is -2.35. The molecule has 3 rings (SSSR count). The topological polar surface area (TPSA) is 0 Å². The highest BCUT2D eigenvalue weighted by Gasteiger charge is 2.44. The van der Waals surface area contributed by atoms with Crippen LogP contribution in [-0.2, 0) is 0 Å². The van der Waals surface area contributed by atoms with Crippen molar-refractivity contribution in [1.29, 1.82) is 0 Å². The molecule has 0 heterocycles. The van der Waals surface area contributed by atoms with Crippen molar-refractivity contribution in [3.05, 3.63) is 0 Å². The van der Waals surface area contributed by atoms with Crippen LogP contribution in [0.4, 0.5) is 0 Å². The molecule has 0 radical (unpaired) electrons. The van der Waals surface area contributed by atoms with Gasteiger partial charge in [-0.2, -0.15) is 0 Å². The molecule has 0 amide bonds. The summed E-state index contributed by atoms with van der Waals surface area (Å²) in [5.74, 6) is 5.68. The molecule has 3 aliphatic rings. The van der Waals surface area contributed by atoms with Crippen LogP contribution in [0.25, 0.3) is 0 Å². The zero-order chi connectivity index (χ0) is 9.54. The van der Waals surface area contributed by atoms with E-state index in [1.807, 2.05) is 0 Å². The summed E-state index contributed by atoms with van der Waals surface area (Å²) in [6.07, 6.45) is 12.5. The van der Waals surface area contributed by atoms with Gasteiger partial charge >= 0.3 is 0 Å². The minimum atomic E-state index is 1.05. The molecule has 4 unspecified atom stereocenters. The van der Waals surface area contributed by atoms with Crippen LogP contribution in [0.3, 0.4) is 0 Å². The van der Waals surface area contributed by atoms with Gasteiger partial charge in [-0.05, 0) is 48.9 Å². The zero-order valence-electron chi connectivity index (χ0n) is 9.54. The van der Waals surface area contributed by atoms with E-state index in [1.165, 1.54) is 18.3 Å². The summed E-state index contributed by atoms with van der Waals surface area (Å²) < 4.78 is 0. The zero-order valence-corrected chi connectivity index (χ0v) is 9.54. The molecule has 80 valence electrons. The monoisotopic (exact) mass is 192 g/mol. The summed E-state index contributed by atoms with van der Waals surface area (Å²) in [6.45, 7) is 2.52. The molecule has 3 aliphatic carbocycles. The van der Waals surface area contributed by atoms with E-state index in [4.69, 9.17) is 0 Å². The average molecular weight is 192 g/mol. The van der Waals surface area contributed by atoms with Gasteiger partial charge in [-0.15, -0.1) is 0 Å². The first-order valence-corrected chi connectivity index (χ1v) is 6.84. The predicted octanol–water partition coefficient (Wildman–Crippen LogP) is 4.25. The standard InChI is InChI=1S/C14H24/c1-10(11-4-2-5-11)8-13-9-12-6-3-7-14(12)13/h10-14H,2-9H2,1H3. The maximum Gasteiger partial charge on any atom is -0.0357 e. The van der Waals surface area contributed by atoms with Gasteiger partial charge in [0.15, 0.2) is 0 Å². The van der Waals surface area contributed by atoms with Gasteiger partial charge < -0.3 is 0 Å². The fourth-order valence-corrected chi connectivity index (χ4v) is 4.30. The lowest BCUT2D eigenvalue weighted by molar-refractivity contribution is 0.0594. The van der Waals surface area contributed by atoms with E-state index in [0.29, 0.717) is 0 Å². The lowest BCUT2D eigenvalue weighted by Gasteiger charge is -2.44. The minimum Gasteiger partial charge on any atom is -0.0622 e. The molecule has 0 saturated heterocycles. The number of rotatable bonds is 3. The Balaban J connectivity index is 1.48. The minimum absolute atomic E-state index is 1.05. The second kappa shape index (κ2) is 3.54. The first-order chi connectivity index (χ1) is 6.84. The second-order valence-electron chi connectivity index (χ2n) is 6.25. The quantitative estimate of drug-likeness (QED) is 0.627. The van der Waals surface area contributed by atoms with E-state index in [2.05, 4.69) is 6.92 Å². The number of hydrogen-bond acceptors (Lipinski definition) is 0. The summed E-state index contributed by atoms with van der Waals surface area (Å²) in [7, 11) is 0. The summed E-state index contributed by atoms with van der Waals surface area (Å²) in [5, 5.41) is 0. The van der Waals surface area contributed by atoms with E-state index in [-0.39, 0.29) is 0 Å². The van der Waals surface area contributed by atoms with Gasteiger partial charge in [-0.3, -0.25) is 0 Å². The van der Waals surface area contributed by atoms with Crippen molar-refractivity contribution >= 4 is 0 Å². The number of fused-ring (bicyclic) bond motifs is 1. The van der Waals surface area contributed by atoms with E-state index < -0.39 is 0 Å². The van der Waals surface area contributed by atoms with Gasteiger partial charge in [0.05, 0.1) is 0 Å². The second-order valence-corrected chi connectivity index (χ2v) is 6.25. The maximum absolute atomic E-state index is 2.52. The van der Waals surface area contributed by atoms with Crippen LogP contribution in [0.1, 0.15) is 58.3 Å². The Bertz CT molecular complexity index is 204. The fourth-order valence-electron chi connectivity index (χ4n) is 4.30. The van der Waals surface area contributed by atoms with Crippen molar-refractivity contribution in [3.8, 4) is 0 Å². The Hall–Kier alpha value is 0. The third-order valence-electron chi connectivity index (χ3n) is 5.56. The first kappa shape index (κ1) is 9.24. The fraction of sp³-hybridized carbons (Fsp3) is 1.00. The molecular weight excluding hydrogens is 168 g/mol. The van der Waals surface area contributed by atoms with E-state index >= 15 is 0 Å². The van der Waals surface area contributed by atoms with E-state index in [0.717, 1.165) is 17.8 Å². The smallest absolute Gasteiger partial charge is 0.0357 e. The molecule has 0 nitrogen and oxygen atoms in total. The van der Waals surface area contributed by atoms with Crippen molar-refractivity contribution in [3.63, 3.8) is 0 Å². The van der Waals surface area contributed by atoms with Crippen LogP contribution in [0.5, 0.6) is 0 Å². The third-order valence-corrected chi connectivity index (χ3v) is 5.56. The lowest BCUT2D eigenvalue weighted by atomic mass is 9.61. The van der Waals surface area contributed by atoms with Crippen molar-refractivity contribution in [2.45, 2.75) is 58.3 Å². The number of hydrogen-bond donors (Lipinski definition) is 0. The van der Waals surface area contributed by atoms with Crippen LogP contribution in [0.2, 0.25) is 0 Å². The first-order valence-electron chi connectivity index (χ1n) is 6.84. The molecule has 14 heavy (non-hydrogen) atoms. The summed E-state index contributed by atoms with van der Waals surface area (Å²) in [4.78, 5) is 0. The molecule has 3 fully saturated rings. The van der Waals surface area contributed by atoms with Crippen LogP contribution in [-0.4, -0.2) is 0 Å². The summed E-state index contributed by atoms with van der Waals surface area (Å²) in [6, 6.07) is 0. The molecule has 0 aromatic rings. The molecule has 3 saturated carbocycles. The highest BCUT2D eigenvalue weighted by molar-refractivity contribution is 4.94. The Morgan fingerprint density at radius 1 is 1.07 bits per heavy atom. The SMILES string of the molecule is CC(CC1CC2CCCC21)C1CCC1. The highest BCUT2D eigenvalue weighted by atomic mass is 14.5.